The fraction of sp³-hybridized carbons (Fsp3) is 0.429. The van der Waals surface area contributed by atoms with E-state index in [1.807, 2.05) is 0 Å². The first-order valence-corrected chi connectivity index (χ1v) is 6.37. The van der Waals surface area contributed by atoms with Crippen LogP contribution in [0.5, 0.6) is 0 Å². The zero-order chi connectivity index (χ0) is 14.2. The fourth-order valence-electron chi connectivity index (χ4n) is 1.65. The van der Waals surface area contributed by atoms with E-state index in [9.17, 15) is 9.59 Å². The number of esters is 2. The lowest BCUT2D eigenvalue weighted by Gasteiger charge is -2.06. The number of benzene rings is 1. The van der Waals surface area contributed by atoms with E-state index >= 15 is 0 Å². The maximum Gasteiger partial charge on any atom is 0.338 e. The van der Waals surface area contributed by atoms with Crippen LogP contribution in [0.15, 0.2) is 24.3 Å². The van der Waals surface area contributed by atoms with Crippen molar-refractivity contribution in [2.45, 2.75) is 0 Å². The summed E-state index contributed by atoms with van der Waals surface area (Å²) in [5, 5.41) is 0. The van der Waals surface area contributed by atoms with Crippen molar-refractivity contribution in [2.24, 2.45) is 0 Å². The Balaban J connectivity index is 2.07. The van der Waals surface area contributed by atoms with E-state index in [0.29, 0.717) is 37.6 Å². The molecule has 0 saturated heterocycles. The summed E-state index contributed by atoms with van der Waals surface area (Å²) in [5.41, 5.74) is 0.621. The van der Waals surface area contributed by atoms with E-state index in [1.165, 1.54) is 6.07 Å². The molecular formula is C14H16O6. The average molecular weight is 280 g/mol. The molecule has 1 aromatic carbocycles. The van der Waals surface area contributed by atoms with E-state index in [0.717, 1.165) is 0 Å². The normalized spacial score (nSPS) is 18.4. The number of hydrogen-bond acceptors (Lipinski definition) is 6. The first-order chi connectivity index (χ1) is 9.77. The molecule has 20 heavy (non-hydrogen) atoms. The van der Waals surface area contributed by atoms with Gasteiger partial charge in [-0.05, 0) is 18.2 Å². The SMILES string of the molecule is O=C1OCCOCCOCCOC(=O)c2cccc1c2. The molecule has 108 valence electrons. The maximum atomic E-state index is 11.8. The zero-order valence-electron chi connectivity index (χ0n) is 11.0. The highest BCUT2D eigenvalue weighted by Crippen LogP contribution is 2.08. The molecule has 0 aliphatic carbocycles. The molecule has 0 aromatic heterocycles. The lowest BCUT2D eigenvalue weighted by atomic mass is 10.1. The van der Waals surface area contributed by atoms with Gasteiger partial charge < -0.3 is 18.9 Å². The third-order valence-electron chi connectivity index (χ3n) is 2.63. The van der Waals surface area contributed by atoms with Gasteiger partial charge in [0.05, 0.1) is 37.6 Å². The molecule has 0 N–H and O–H groups in total. The molecule has 1 heterocycles. The van der Waals surface area contributed by atoms with Crippen molar-refractivity contribution < 1.29 is 28.5 Å². The quantitative estimate of drug-likeness (QED) is 0.661. The van der Waals surface area contributed by atoms with Crippen molar-refractivity contribution in [1.82, 2.24) is 0 Å². The minimum absolute atomic E-state index is 0.160. The first kappa shape index (κ1) is 14.5. The topological polar surface area (TPSA) is 71.1 Å². The molecule has 6 nitrogen and oxygen atoms in total. The van der Waals surface area contributed by atoms with Gasteiger partial charge in [0.2, 0.25) is 0 Å². The van der Waals surface area contributed by atoms with Crippen LogP contribution in [-0.2, 0) is 18.9 Å². The third kappa shape index (κ3) is 4.32. The summed E-state index contributed by atoms with van der Waals surface area (Å²) in [6, 6.07) is 6.23. The largest absolute Gasteiger partial charge is 0.460 e. The monoisotopic (exact) mass is 280 g/mol. The van der Waals surface area contributed by atoms with E-state index in [-0.39, 0.29) is 13.2 Å². The van der Waals surface area contributed by atoms with Crippen molar-refractivity contribution in [2.75, 3.05) is 39.6 Å². The second kappa shape index (κ2) is 7.62. The molecule has 6 heteroatoms. The van der Waals surface area contributed by atoms with Gasteiger partial charge in [-0.2, -0.15) is 0 Å². The molecule has 1 aromatic rings. The van der Waals surface area contributed by atoms with Crippen LogP contribution in [0.25, 0.3) is 0 Å². The van der Waals surface area contributed by atoms with Gasteiger partial charge in [-0.25, -0.2) is 9.59 Å². The van der Waals surface area contributed by atoms with Crippen LogP contribution in [0.1, 0.15) is 20.7 Å². The summed E-state index contributed by atoms with van der Waals surface area (Å²) >= 11 is 0. The van der Waals surface area contributed by atoms with Crippen LogP contribution < -0.4 is 0 Å². The Kier molecular flexibility index (Phi) is 5.52. The van der Waals surface area contributed by atoms with Crippen LogP contribution >= 0.6 is 0 Å². The predicted molar refractivity (Wildman–Crippen MR) is 68.6 cm³/mol. The molecule has 0 fully saturated rings. The highest BCUT2D eigenvalue weighted by molar-refractivity contribution is 5.95. The fourth-order valence-corrected chi connectivity index (χ4v) is 1.65. The number of rotatable bonds is 0. The molecule has 0 unspecified atom stereocenters. The molecule has 0 atom stereocenters. The van der Waals surface area contributed by atoms with Crippen LogP contribution in [0.3, 0.4) is 0 Å². The number of carbonyl (C=O) groups excluding carboxylic acids is 2. The third-order valence-corrected chi connectivity index (χ3v) is 2.63. The van der Waals surface area contributed by atoms with Gasteiger partial charge in [-0.3, -0.25) is 0 Å². The minimum atomic E-state index is -0.491. The second-order valence-corrected chi connectivity index (χ2v) is 4.08. The number of carbonyl (C=O) groups is 2. The van der Waals surface area contributed by atoms with Gasteiger partial charge in [0.25, 0.3) is 0 Å². The number of ether oxygens (including phenoxy) is 4. The Hall–Kier alpha value is -1.92. The summed E-state index contributed by atoms with van der Waals surface area (Å²) in [4.78, 5) is 23.5. The molecule has 0 saturated carbocycles. The van der Waals surface area contributed by atoms with Gasteiger partial charge in [-0.15, -0.1) is 0 Å². The van der Waals surface area contributed by atoms with Crippen molar-refractivity contribution in [3.63, 3.8) is 0 Å². The summed E-state index contributed by atoms with van der Waals surface area (Å²) in [6.07, 6.45) is 0. The van der Waals surface area contributed by atoms with E-state index < -0.39 is 11.9 Å². The van der Waals surface area contributed by atoms with Crippen molar-refractivity contribution in [1.29, 1.82) is 0 Å². The summed E-state index contributed by atoms with van der Waals surface area (Å²) < 4.78 is 20.5. The standard InChI is InChI=1S/C14H16O6/c15-13-11-2-1-3-12(10-11)14(16)20-9-7-18-5-4-17-6-8-19-13/h1-3,10H,4-9H2. The summed E-state index contributed by atoms with van der Waals surface area (Å²) in [7, 11) is 0. The Morgan fingerprint density at radius 1 is 0.700 bits per heavy atom. The Labute approximate surface area is 116 Å². The Morgan fingerprint density at radius 3 is 1.65 bits per heavy atom. The van der Waals surface area contributed by atoms with Crippen LogP contribution in [-0.4, -0.2) is 51.6 Å². The first-order valence-electron chi connectivity index (χ1n) is 6.37. The van der Waals surface area contributed by atoms with Crippen molar-refractivity contribution >= 4 is 11.9 Å². The maximum absolute atomic E-state index is 11.8. The molecule has 2 bridgehead atoms. The predicted octanol–water partition coefficient (Wildman–Crippen LogP) is 1.05. The number of fused-ring (bicyclic) bond motifs is 2. The number of cyclic esters (lactones) is 2. The van der Waals surface area contributed by atoms with Crippen LogP contribution in [0, 0.1) is 0 Å². The molecule has 2 rings (SSSR count). The lowest BCUT2D eigenvalue weighted by Crippen LogP contribution is -2.13. The highest BCUT2D eigenvalue weighted by atomic mass is 16.6. The minimum Gasteiger partial charge on any atom is -0.460 e. The molecule has 1 aliphatic heterocycles. The van der Waals surface area contributed by atoms with E-state index in [4.69, 9.17) is 18.9 Å². The highest BCUT2D eigenvalue weighted by Gasteiger charge is 2.12. The van der Waals surface area contributed by atoms with Gasteiger partial charge in [0.15, 0.2) is 0 Å². The van der Waals surface area contributed by atoms with Crippen LogP contribution in [0.2, 0.25) is 0 Å². The average Bonchev–Trinajstić information content (AvgIpc) is 2.48. The van der Waals surface area contributed by atoms with Gasteiger partial charge in [0.1, 0.15) is 13.2 Å². The van der Waals surface area contributed by atoms with Gasteiger partial charge >= 0.3 is 11.9 Å². The van der Waals surface area contributed by atoms with Gasteiger partial charge in [-0.1, -0.05) is 6.07 Å². The van der Waals surface area contributed by atoms with Crippen LogP contribution in [0.4, 0.5) is 0 Å². The molecule has 0 radical (unpaired) electrons. The molecular weight excluding hydrogens is 264 g/mol. The van der Waals surface area contributed by atoms with E-state index in [2.05, 4.69) is 0 Å². The second-order valence-electron chi connectivity index (χ2n) is 4.08. The Morgan fingerprint density at radius 2 is 1.15 bits per heavy atom. The zero-order valence-corrected chi connectivity index (χ0v) is 11.0. The lowest BCUT2D eigenvalue weighted by molar-refractivity contribution is 0.00280. The van der Waals surface area contributed by atoms with Gasteiger partial charge in [0, 0.05) is 0 Å². The van der Waals surface area contributed by atoms with Crippen molar-refractivity contribution in [3.8, 4) is 0 Å². The summed E-state index contributed by atoms with van der Waals surface area (Å²) in [6.45, 7) is 1.74. The summed E-state index contributed by atoms with van der Waals surface area (Å²) in [5.74, 6) is -0.983. The van der Waals surface area contributed by atoms with Crippen molar-refractivity contribution in [3.05, 3.63) is 35.4 Å². The molecule has 0 spiro atoms. The Bertz CT molecular complexity index is 431. The smallest absolute Gasteiger partial charge is 0.338 e. The van der Waals surface area contributed by atoms with E-state index in [1.54, 1.807) is 18.2 Å². The number of hydrogen-bond donors (Lipinski definition) is 0. The molecule has 0 amide bonds. The molecule has 1 aliphatic rings.